The highest BCUT2D eigenvalue weighted by Gasteiger charge is 2.76. The van der Waals surface area contributed by atoms with Crippen LogP contribution in [0.1, 0.15) is 149 Å². The quantitative estimate of drug-likeness (QED) is 0.0924. The summed E-state index contributed by atoms with van der Waals surface area (Å²) in [6.07, 6.45) is 5.51. The lowest BCUT2D eigenvalue weighted by Gasteiger charge is -2.75. The second-order valence-corrected chi connectivity index (χ2v) is 25.2. The van der Waals surface area contributed by atoms with E-state index in [9.17, 15) is 50.4 Å². The van der Waals surface area contributed by atoms with Gasteiger partial charge >= 0.3 is 5.97 Å². The highest BCUT2D eigenvalue weighted by molar-refractivity contribution is 5.86. The van der Waals surface area contributed by atoms with Crippen LogP contribution in [0.4, 0.5) is 0 Å². The summed E-state index contributed by atoms with van der Waals surface area (Å²) in [6, 6.07) is -0.341. The molecule has 70 heavy (non-hydrogen) atoms. The Labute approximate surface area is 414 Å². The lowest BCUT2D eigenvalue weighted by atomic mass is 9.30. The number of carboxylic acids is 1. The lowest BCUT2D eigenvalue weighted by Crippen LogP contribution is -2.74. The molecule has 16 nitrogen and oxygen atoms in total. The van der Waals surface area contributed by atoms with E-state index in [4.69, 9.17) is 15.2 Å². The van der Waals surface area contributed by atoms with Gasteiger partial charge in [0.05, 0.1) is 48.7 Å². The van der Waals surface area contributed by atoms with Gasteiger partial charge in [-0.3, -0.25) is 9.59 Å². The lowest BCUT2D eigenvalue weighted by molar-refractivity contribution is -0.349. The zero-order chi connectivity index (χ0) is 50.6. The summed E-state index contributed by atoms with van der Waals surface area (Å²) < 4.78 is 12.7. The molecule has 0 radical (unpaired) electrons. The van der Waals surface area contributed by atoms with E-state index in [1.165, 1.54) is 5.57 Å². The molecule has 1 aromatic rings. The first-order valence-electron chi connectivity index (χ1n) is 27.0. The maximum absolute atomic E-state index is 14.8. The summed E-state index contributed by atoms with van der Waals surface area (Å²) >= 11 is 0. The second-order valence-electron chi connectivity index (χ2n) is 25.2. The molecule has 5 saturated carbocycles. The number of allylic oxidation sites excluding steroid dienone is 2. The maximum Gasteiger partial charge on any atom is 0.310 e. The zero-order valence-corrected chi connectivity index (χ0v) is 42.6. The van der Waals surface area contributed by atoms with E-state index in [2.05, 4.69) is 56.0 Å². The fraction of sp³-hybridized carbons (Fsp3) is 0.870. The number of imidazole rings is 1. The summed E-state index contributed by atoms with van der Waals surface area (Å²) in [6.45, 7) is 12.6. The van der Waals surface area contributed by atoms with Crippen LogP contribution in [0.2, 0.25) is 0 Å². The van der Waals surface area contributed by atoms with Crippen LogP contribution in [-0.4, -0.2) is 138 Å². The Hall–Kier alpha value is -2.51. The average molecular weight is 983 g/mol. The van der Waals surface area contributed by atoms with Gasteiger partial charge in [-0.15, -0.1) is 0 Å². The number of ether oxygens (including phenoxy) is 2. The van der Waals surface area contributed by atoms with E-state index in [0.29, 0.717) is 83.6 Å². The van der Waals surface area contributed by atoms with Crippen molar-refractivity contribution in [1.82, 2.24) is 15.3 Å². The fourth-order valence-corrected chi connectivity index (χ4v) is 18.6. The highest BCUT2D eigenvalue weighted by atomic mass is 16.7. The van der Waals surface area contributed by atoms with Gasteiger partial charge < -0.3 is 66.4 Å². The summed E-state index contributed by atoms with van der Waals surface area (Å²) in [5.74, 6) is -2.59. The van der Waals surface area contributed by atoms with Crippen molar-refractivity contribution in [2.45, 2.75) is 193 Å². The molecule has 2 saturated heterocycles. The molecule has 394 valence electrons. The average Bonchev–Trinajstić information content (AvgIpc) is 4.12. The molecule has 3 heterocycles. The Bertz CT molecular complexity index is 2100. The molecule has 9 rings (SSSR count). The van der Waals surface area contributed by atoms with Crippen molar-refractivity contribution in [1.29, 1.82) is 0 Å². The van der Waals surface area contributed by atoms with Gasteiger partial charge in [0, 0.05) is 35.9 Å². The fourth-order valence-electron chi connectivity index (χ4n) is 18.6. The number of aliphatic hydroxyl groups is 7. The molecule has 7 fully saturated rings. The Morgan fingerprint density at radius 2 is 1.70 bits per heavy atom. The van der Waals surface area contributed by atoms with Crippen LogP contribution in [0.3, 0.4) is 0 Å². The van der Waals surface area contributed by atoms with Gasteiger partial charge in [-0.2, -0.15) is 0 Å². The predicted molar refractivity (Wildman–Crippen MR) is 258 cm³/mol. The van der Waals surface area contributed by atoms with Crippen molar-refractivity contribution in [2.75, 3.05) is 26.4 Å². The first kappa shape index (κ1) is 52.4. The molecule has 0 bridgehead atoms. The van der Waals surface area contributed by atoms with Crippen molar-refractivity contribution in [2.24, 2.45) is 79.1 Å². The number of rotatable bonds is 14. The van der Waals surface area contributed by atoms with E-state index < -0.39 is 105 Å². The number of aliphatic carboxylic acids is 1. The molecular formula is C54H86N4O12. The number of nitrogens with one attached hydrogen (secondary N) is 2. The van der Waals surface area contributed by atoms with Gasteiger partial charge in [-0.25, -0.2) is 4.98 Å². The molecule has 1 aromatic heterocycles. The summed E-state index contributed by atoms with van der Waals surface area (Å²) in [5.41, 5.74) is 3.03. The van der Waals surface area contributed by atoms with E-state index in [-0.39, 0.29) is 54.8 Å². The van der Waals surface area contributed by atoms with Gasteiger partial charge in [0.1, 0.15) is 18.3 Å². The number of hydrogen-bond donors (Lipinski definition) is 11. The van der Waals surface area contributed by atoms with Crippen molar-refractivity contribution >= 4 is 11.9 Å². The van der Waals surface area contributed by atoms with Crippen molar-refractivity contribution in [3.8, 4) is 0 Å². The minimum Gasteiger partial charge on any atom is -0.481 e. The van der Waals surface area contributed by atoms with Gasteiger partial charge in [0.15, 0.2) is 6.29 Å². The van der Waals surface area contributed by atoms with Crippen LogP contribution < -0.4 is 11.1 Å². The molecule has 2 aliphatic heterocycles. The normalized spacial score (nSPS) is 48.4. The summed E-state index contributed by atoms with van der Waals surface area (Å²) in [7, 11) is 0. The smallest absolute Gasteiger partial charge is 0.310 e. The number of amides is 1. The largest absolute Gasteiger partial charge is 0.481 e. The third-order valence-corrected chi connectivity index (χ3v) is 22.7. The number of H-pyrrole nitrogens is 1. The molecule has 0 aromatic carbocycles. The van der Waals surface area contributed by atoms with Crippen LogP contribution in [0.15, 0.2) is 24.2 Å². The third kappa shape index (κ3) is 7.35. The number of carbonyl (C=O) groups is 2. The molecule has 1 amide bonds. The first-order chi connectivity index (χ1) is 33.1. The Balaban J connectivity index is 1.23. The van der Waals surface area contributed by atoms with Gasteiger partial charge in [-0.1, -0.05) is 72.5 Å². The molecule has 1 spiro atoms. The minimum absolute atomic E-state index is 0.00205. The van der Waals surface area contributed by atoms with E-state index in [0.717, 1.165) is 25.0 Å². The van der Waals surface area contributed by atoms with Crippen LogP contribution in [-0.2, 0) is 19.1 Å². The molecule has 6 aliphatic carbocycles. The van der Waals surface area contributed by atoms with E-state index in [1.807, 2.05) is 13.1 Å². The molecule has 16 heteroatoms. The number of nitrogens with zero attached hydrogens (tertiary/aromatic N) is 1. The van der Waals surface area contributed by atoms with Crippen LogP contribution in [0.5, 0.6) is 0 Å². The first-order valence-corrected chi connectivity index (χ1v) is 27.0. The Morgan fingerprint density at radius 3 is 2.33 bits per heavy atom. The number of hydrogen-bond acceptors (Lipinski definition) is 13. The SMILES string of the molecule is CCC1CC2(C(=O)O)CCC(C)(CO)CC2C2=CCC3C4(C)C(CC5C(C(CCCN)c6cnc[nH]6)NC(=O)C56CCCC6)C(O)C(OC5OCC(O)C(O)C5O)C(C)(C(O)CO)C4CCC3(C)C21C. The van der Waals surface area contributed by atoms with Crippen molar-refractivity contribution < 1.29 is 59.9 Å². The topological polar surface area (TPSA) is 281 Å². The third-order valence-electron chi connectivity index (χ3n) is 22.7. The number of nitrogens with two attached hydrogens (primary N) is 1. The van der Waals surface area contributed by atoms with Crippen LogP contribution >= 0.6 is 0 Å². The predicted octanol–water partition coefficient (Wildman–Crippen LogP) is 4.15. The molecule has 21 atom stereocenters. The number of aromatic nitrogens is 2. The molecule has 8 aliphatic rings. The van der Waals surface area contributed by atoms with Crippen LogP contribution in [0.25, 0.3) is 0 Å². The highest BCUT2D eigenvalue weighted by Crippen LogP contribution is 2.79. The summed E-state index contributed by atoms with van der Waals surface area (Å²) in [5, 5.41) is 95.6. The number of carboxylic acid groups (broad SMARTS) is 1. The standard InChI is InChI=1S/C54H86N4O12/c1-7-29-22-54(47(67)68)19-18-48(2,27-60)23-34(54)31-12-13-37-49(3,52(29,31)6)17-14-38-50(37,4)33(41(63)44(51(38,5)39(62)25-59)70-45-43(65)42(64)36(61)26-69-45)21-32-40(58-46(66)53(32)15-8-9-16-53)30(11-10-20-55)35-24-56-28-57-35/h12,24,28-30,32-34,36-45,59-65H,7-11,13-23,25-27,55H2,1-6H3,(H,56,57)(H,58,66)(H,67,68). The van der Waals surface area contributed by atoms with Crippen molar-refractivity contribution in [3.05, 3.63) is 29.9 Å². The second kappa shape index (κ2) is 18.7. The van der Waals surface area contributed by atoms with Crippen LogP contribution in [0, 0.1) is 73.4 Å². The monoisotopic (exact) mass is 983 g/mol. The van der Waals surface area contributed by atoms with Gasteiger partial charge in [0.25, 0.3) is 0 Å². The van der Waals surface area contributed by atoms with E-state index in [1.54, 1.807) is 6.33 Å². The Morgan fingerprint density at radius 1 is 0.971 bits per heavy atom. The maximum atomic E-state index is 14.8. The van der Waals surface area contributed by atoms with Gasteiger partial charge in [-0.05, 0) is 141 Å². The molecule has 21 unspecified atom stereocenters. The number of aromatic amines is 1. The van der Waals surface area contributed by atoms with E-state index >= 15 is 0 Å². The molecule has 12 N–H and O–H groups in total. The van der Waals surface area contributed by atoms with Crippen molar-refractivity contribution in [3.63, 3.8) is 0 Å². The zero-order valence-electron chi connectivity index (χ0n) is 42.6. The minimum atomic E-state index is -1.68. The summed E-state index contributed by atoms with van der Waals surface area (Å²) in [4.78, 5) is 36.4. The Kier molecular flexibility index (Phi) is 14.0. The number of carbonyl (C=O) groups excluding carboxylic acids is 1. The number of aliphatic hydroxyl groups excluding tert-OH is 7. The van der Waals surface area contributed by atoms with Gasteiger partial charge in [0.2, 0.25) is 5.91 Å². The number of fused-ring (bicyclic) bond motifs is 7. The molecular weight excluding hydrogens is 897 g/mol.